The van der Waals surface area contributed by atoms with Crippen LogP contribution in [0.5, 0.6) is 5.75 Å². The molecule has 0 bridgehead atoms. The standard InChI is InChI=1S/C30H25N3O4/c1-20-15-23(11-12-25(20)37-19-21-7-3-2-4-8-21)28(34)26-27(24-10-6-14-32-17-24)33(30(36)29(26)35)18-22-9-5-13-31-16-22/h2-17,27,34H,18-19H2,1H3/t27-/m1/s1. The largest absolute Gasteiger partial charge is 0.507 e. The number of ether oxygens (including phenoxy) is 1. The van der Waals surface area contributed by atoms with Crippen LogP contribution >= 0.6 is 0 Å². The van der Waals surface area contributed by atoms with Gasteiger partial charge in [-0.25, -0.2) is 0 Å². The lowest BCUT2D eigenvalue weighted by atomic mass is 9.95. The molecule has 7 nitrogen and oxygen atoms in total. The predicted octanol–water partition coefficient (Wildman–Crippen LogP) is 4.99. The van der Waals surface area contributed by atoms with Crippen LogP contribution in [-0.2, 0) is 22.7 Å². The van der Waals surface area contributed by atoms with Gasteiger partial charge in [-0.3, -0.25) is 19.6 Å². The van der Waals surface area contributed by atoms with Crippen molar-refractivity contribution in [2.75, 3.05) is 0 Å². The lowest BCUT2D eigenvalue weighted by Crippen LogP contribution is -2.29. The van der Waals surface area contributed by atoms with E-state index in [0.717, 1.165) is 16.7 Å². The van der Waals surface area contributed by atoms with Crippen molar-refractivity contribution in [3.05, 3.63) is 131 Å². The molecule has 2 aromatic carbocycles. The Bertz CT molecular complexity index is 1450. The van der Waals surface area contributed by atoms with Gasteiger partial charge in [-0.1, -0.05) is 42.5 Å². The summed E-state index contributed by atoms with van der Waals surface area (Å²) in [6, 6.07) is 21.4. The van der Waals surface area contributed by atoms with Crippen LogP contribution in [0.1, 0.15) is 33.9 Å². The molecule has 0 spiro atoms. The fourth-order valence-electron chi connectivity index (χ4n) is 4.47. The third-order valence-corrected chi connectivity index (χ3v) is 6.30. The Morgan fingerprint density at radius 2 is 1.65 bits per heavy atom. The lowest BCUT2D eigenvalue weighted by Gasteiger charge is -2.25. The molecule has 37 heavy (non-hydrogen) atoms. The third-order valence-electron chi connectivity index (χ3n) is 6.30. The van der Waals surface area contributed by atoms with E-state index in [0.29, 0.717) is 23.5 Å². The van der Waals surface area contributed by atoms with Gasteiger partial charge in [0.25, 0.3) is 11.7 Å². The minimum atomic E-state index is -0.789. The number of carbonyl (C=O) groups excluding carboxylic acids is 2. The van der Waals surface area contributed by atoms with Crippen LogP contribution in [0.2, 0.25) is 0 Å². The molecule has 1 N–H and O–H groups in total. The summed E-state index contributed by atoms with van der Waals surface area (Å²) in [5.41, 5.74) is 3.69. The number of Topliss-reactive ketones (excluding diaryl/α,β-unsaturated/α-hetero) is 1. The van der Waals surface area contributed by atoms with Crippen molar-refractivity contribution in [2.24, 2.45) is 0 Å². The van der Waals surface area contributed by atoms with Crippen molar-refractivity contribution in [1.82, 2.24) is 14.9 Å². The Kier molecular flexibility index (Phi) is 6.76. The highest BCUT2D eigenvalue weighted by molar-refractivity contribution is 6.46. The lowest BCUT2D eigenvalue weighted by molar-refractivity contribution is -0.140. The first kappa shape index (κ1) is 23.9. The first-order valence-corrected chi connectivity index (χ1v) is 11.9. The van der Waals surface area contributed by atoms with Crippen molar-refractivity contribution < 1.29 is 19.4 Å². The zero-order chi connectivity index (χ0) is 25.8. The number of hydrogen-bond donors (Lipinski definition) is 1. The highest BCUT2D eigenvalue weighted by atomic mass is 16.5. The van der Waals surface area contributed by atoms with Gasteiger partial charge in [0, 0.05) is 36.9 Å². The minimum Gasteiger partial charge on any atom is -0.507 e. The quantitative estimate of drug-likeness (QED) is 0.223. The second-order valence-corrected chi connectivity index (χ2v) is 8.83. The van der Waals surface area contributed by atoms with Crippen LogP contribution in [0.15, 0.2) is 103 Å². The molecule has 3 heterocycles. The number of amides is 1. The maximum absolute atomic E-state index is 13.2. The topological polar surface area (TPSA) is 92.6 Å². The molecule has 0 aliphatic carbocycles. The molecular formula is C30H25N3O4. The number of pyridine rings is 2. The molecule has 2 aromatic heterocycles. The number of aryl methyl sites for hydroxylation is 1. The molecule has 1 aliphatic rings. The van der Waals surface area contributed by atoms with Gasteiger partial charge < -0.3 is 14.7 Å². The fraction of sp³-hybridized carbons (Fsp3) is 0.133. The second-order valence-electron chi connectivity index (χ2n) is 8.83. The number of hydrogen-bond acceptors (Lipinski definition) is 6. The molecule has 184 valence electrons. The van der Waals surface area contributed by atoms with E-state index >= 15 is 0 Å². The van der Waals surface area contributed by atoms with Crippen molar-refractivity contribution >= 4 is 17.4 Å². The minimum absolute atomic E-state index is 0.0271. The van der Waals surface area contributed by atoms with Crippen molar-refractivity contribution in [1.29, 1.82) is 0 Å². The van der Waals surface area contributed by atoms with Crippen LogP contribution in [0.4, 0.5) is 0 Å². The third kappa shape index (κ3) is 4.97. The number of carbonyl (C=O) groups is 2. The normalized spacial score (nSPS) is 16.7. The molecule has 5 rings (SSSR count). The monoisotopic (exact) mass is 491 g/mol. The summed E-state index contributed by atoms with van der Waals surface area (Å²) in [7, 11) is 0. The number of aliphatic hydroxyl groups is 1. The van der Waals surface area contributed by atoms with E-state index in [1.165, 1.54) is 4.90 Å². The summed E-state index contributed by atoms with van der Waals surface area (Å²) in [5, 5.41) is 11.4. The van der Waals surface area contributed by atoms with Crippen LogP contribution in [0.25, 0.3) is 5.76 Å². The molecular weight excluding hydrogens is 466 g/mol. The van der Waals surface area contributed by atoms with Crippen LogP contribution in [0, 0.1) is 6.92 Å². The fourth-order valence-corrected chi connectivity index (χ4v) is 4.47. The van der Waals surface area contributed by atoms with Crippen LogP contribution < -0.4 is 4.74 Å². The Morgan fingerprint density at radius 3 is 2.32 bits per heavy atom. The van der Waals surface area contributed by atoms with Gasteiger partial charge in [-0.2, -0.15) is 0 Å². The second kappa shape index (κ2) is 10.5. The highest BCUT2D eigenvalue weighted by Gasteiger charge is 2.46. The Morgan fingerprint density at radius 1 is 0.919 bits per heavy atom. The van der Waals surface area contributed by atoms with Gasteiger partial charge in [0.05, 0.1) is 11.6 Å². The first-order valence-electron chi connectivity index (χ1n) is 11.9. The molecule has 1 aliphatic heterocycles. The molecule has 4 aromatic rings. The van der Waals surface area contributed by atoms with Gasteiger partial charge in [0.15, 0.2) is 0 Å². The number of nitrogens with zero attached hydrogens (tertiary/aromatic N) is 3. The van der Waals surface area contributed by atoms with Crippen molar-refractivity contribution in [3.8, 4) is 5.75 Å². The Labute approximate surface area is 214 Å². The van der Waals surface area contributed by atoms with Gasteiger partial charge in [0.1, 0.15) is 18.1 Å². The van der Waals surface area contributed by atoms with Crippen molar-refractivity contribution in [3.63, 3.8) is 0 Å². The predicted molar refractivity (Wildman–Crippen MR) is 138 cm³/mol. The van der Waals surface area contributed by atoms with Crippen LogP contribution in [-0.4, -0.2) is 31.7 Å². The van der Waals surface area contributed by atoms with Gasteiger partial charge >= 0.3 is 0 Å². The van der Waals surface area contributed by atoms with E-state index in [9.17, 15) is 14.7 Å². The summed E-state index contributed by atoms with van der Waals surface area (Å²) < 4.78 is 5.95. The average molecular weight is 492 g/mol. The van der Waals surface area contributed by atoms with E-state index in [-0.39, 0.29) is 17.9 Å². The first-order chi connectivity index (χ1) is 18.0. The van der Waals surface area contributed by atoms with Gasteiger partial charge in [-0.15, -0.1) is 0 Å². The maximum atomic E-state index is 13.2. The van der Waals surface area contributed by atoms with E-state index in [1.807, 2.05) is 43.3 Å². The SMILES string of the molecule is Cc1cc(C(O)=C2C(=O)C(=O)N(Cc3cccnc3)[C@@H]2c2cccnc2)ccc1OCc1ccccc1. The number of rotatable bonds is 7. The molecule has 7 heteroatoms. The molecule has 1 fully saturated rings. The molecule has 0 unspecified atom stereocenters. The Balaban J connectivity index is 1.50. The zero-order valence-corrected chi connectivity index (χ0v) is 20.2. The molecule has 0 saturated carbocycles. The van der Waals surface area contributed by atoms with E-state index in [1.54, 1.807) is 61.2 Å². The number of ketones is 1. The van der Waals surface area contributed by atoms with Crippen molar-refractivity contribution in [2.45, 2.75) is 26.1 Å². The maximum Gasteiger partial charge on any atom is 0.295 e. The van der Waals surface area contributed by atoms with E-state index in [4.69, 9.17) is 4.74 Å². The summed E-state index contributed by atoms with van der Waals surface area (Å²) in [4.78, 5) is 36.1. The number of aliphatic hydroxyl groups excluding tert-OH is 1. The molecule has 1 saturated heterocycles. The average Bonchev–Trinajstić information content (AvgIpc) is 3.18. The Hall–Kier alpha value is -4.78. The highest BCUT2D eigenvalue weighted by Crippen LogP contribution is 2.40. The molecule has 1 amide bonds. The molecule has 1 atom stereocenters. The summed E-state index contributed by atoms with van der Waals surface area (Å²) in [5.74, 6) is -0.990. The van der Waals surface area contributed by atoms with E-state index in [2.05, 4.69) is 9.97 Å². The smallest absolute Gasteiger partial charge is 0.295 e. The zero-order valence-electron chi connectivity index (χ0n) is 20.2. The van der Waals surface area contributed by atoms with Gasteiger partial charge in [-0.05, 0) is 59.5 Å². The molecule has 0 radical (unpaired) electrons. The summed E-state index contributed by atoms with van der Waals surface area (Å²) in [6.07, 6.45) is 6.52. The summed E-state index contributed by atoms with van der Waals surface area (Å²) in [6.45, 7) is 2.45. The number of benzene rings is 2. The summed E-state index contributed by atoms with van der Waals surface area (Å²) >= 11 is 0. The number of likely N-dealkylation sites (tertiary alicyclic amines) is 1. The number of aromatic nitrogens is 2. The van der Waals surface area contributed by atoms with Crippen LogP contribution in [0.3, 0.4) is 0 Å². The van der Waals surface area contributed by atoms with E-state index < -0.39 is 17.7 Å². The van der Waals surface area contributed by atoms with Gasteiger partial charge in [0.2, 0.25) is 0 Å².